The topological polar surface area (TPSA) is 91.1 Å². The fourth-order valence-corrected chi connectivity index (χ4v) is 2.90. The van der Waals surface area contributed by atoms with Crippen molar-refractivity contribution in [2.24, 2.45) is 5.73 Å². The van der Waals surface area contributed by atoms with Crippen molar-refractivity contribution in [2.75, 3.05) is 27.4 Å². The van der Waals surface area contributed by atoms with Gasteiger partial charge in [0.1, 0.15) is 5.75 Å². The van der Waals surface area contributed by atoms with Crippen LogP contribution < -0.4 is 19.9 Å². The monoisotopic (exact) mass is 418 g/mol. The van der Waals surface area contributed by atoms with Crippen LogP contribution in [0.2, 0.25) is 5.02 Å². The van der Waals surface area contributed by atoms with Crippen LogP contribution in [-0.4, -0.2) is 44.1 Å². The first-order valence-electron chi connectivity index (χ1n) is 8.71. The second-order valence-corrected chi connectivity index (χ2v) is 6.47. The zero-order chi connectivity index (χ0) is 21.4. The van der Waals surface area contributed by atoms with Crippen LogP contribution in [0.15, 0.2) is 49.1 Å². The van der Waals surface area contributed by atoms with E-state index in [1.54, 1.807) is 18.1 Å². The van der Waals surface area contributed by atoms with Crippen molar-refractivity contribution in [1.82, 2.24) is 4.90 Å². The normalized spacial score (nSPS) is 10.2. The van der Waals surface area contributed by atoms with Gasteiger partial charge in [-0.1, -0.05) is 29.8 Å². The molecule has 0 atom stereocenters. The average Bonchev–Trinajstić information content (AvgIpc) is 2.71. The molecule has 0 spiro atoms. The molecule has 2 aromatic rings. The van der Waals surface area contributed by atoms with Gasteiger partial charge in [-0.25, -0.2) is 0 Å². The molecule has 2 amide bonds. The molecule has 154 valence electrons. The van der Waals surface area contributed by atoms with E-state index in [2.05, 4.69) is 6.58 Å². The number of ether oxygens (including phenoxy) is 3. The maximum absolute atomic E-state index is 13.1. The van der Waals surface area contributed by atoms with Gasteiger partial charge in [-0.2, -0.15) is 0 Å². The number of benzene rings is 2. The van der Waals surface area contributed by atoms with Crippen LogP contribution in [-0.2, 0) is 11.3 Å². The van der Waals surface area contributed by atoms with Crippen LogP contribution in [0, 0.1) is 0 Å². The Morgan fingerprint density at radius 2 is 1.86 bits per heavy atom. The smallest absolute Gasteiger partial charge is 0.255 e. The quantitative estimate of drug-likeness (QED) is 0.599. The number of carbonyl (C=O) groups excluding carboxylic acids is 2. The Hall–Kier alpha value is -3.19. The largest absolute Gasteiger partial charge is 0.497 e. The van der Waals surface area contributed by atoms with Crippen molar-refractivity contribution in [1.29, 1.82) is 0 Å². The number of rotatable bonds is 10. The van der Waals surface area contributed by atoms with E-state index in [0.717, 1.165) is 11.3 Å². The molecule has 0 aromatic heterocycles. The summed E-state index contributed by atoms with van der Waals surface area (Å²) in [5, 5.41) is 0.136. The van der Waals surface area contributed by atoms with Gasteiger partial charge in [0.25, 0.3) is 11.8 Å². The Balaban J connectivity index is 2.28. The van der Waals surface area contributed by atoms with Crippen LogP contribution >= 0.6 is 11.6 Å². The van der Waals surface area contributed by atoms with Gasteiger partial charge in [0, 0.05) is 18.7 Å². The third-order valence-corrected chi connectivity index (χ3v) is 4.29. The molecule has 2 aromatic carbocycles. The number of amides is 2. The highest BCUT2D eigenvalue weighted by atomic mass is 35.5. The summed E-state index contributed by atoms with van der Waals surface area (Å²) < 4.78 is 15.7. The molecule has 0 aliphatic rings. The molecule has 2 N–H and O–H groups in total. The van der Waals surface area contributed by atoms with Crippen molar-refractivity contribution in [3.63, 3.8) is 0 Å². The highest BCUT2D eigenvalue weighted by Crippen LogP contribution is 2.36. The van der Waals surface area contributed by atoms with Crippen LogP contribution in [0.25, 0.3) is 0 Å². The summed E-state index contributed by atoms with van der Waals surface area (Å²) in [5.41, 5.74) is 6.34. The first-order valence-corrected chi connectivity index (χ1v) is 9.09. The van der Waals surface area contributed by atoms with Crippen LogP contribution in [0.3, 0.4) is 0 Å². The van der Waals surface area contributed by atoms with Gasteiger partial charge in [0.05, 0.1) is 19.2 Å². The average molecular weight is 419 g/mol. The van der Waals surface area contributed by atoms with E-state index >= 15 is 0 Å². The molecular formula is C21H23ClN2O5. The van der Waals surface area contributed by atoms with Gasteiger partial charge in [0.15, 0.2) is 18.1 Å². The summed E-state index contributed by atoms with van der Waals surface area (Å²) >= 11 is 6.25. The molecule has 2 rings (SSSR count). The summed E-state index contributed by atoms with van der Waals surface area (Å²) in [5.74, 6) is 0.195. The fourth-order valence-electron chi connectivity index (χ4n) is 2.64. The molecule has 0 aliphatic carbocycles. The van der Waals surface area contributed by atoms with Gasteiger partial charge in [-0.3, -0.25) is 9.59 Å². The molecular weight excluding hydrogens is 396 g/mol. The number of methoxy groups -OCH3 is 2. The van der Waals surface area contributed by atoms with E-state index in [-0.39, 0.29) is 29.0 Å². The van der Waals surface area contributed by atoms with Crippen molar-refractivity contribution in [2.45, 2.75) is 6.54 Å². The molecule has 7 nitrogen and oxygen atoms in total. The predicted molar refractivity (Wildman–Crippen MR) is 111 cm³/mol. The van der Waals surface area contributed by atoms with Crippen LogP contribution in [0.5, 0.6) is 17.2 Å². The predicted octanol–water partition coefficient (Wildman–Crippen LogP) is 3.05. The lowest BCUT2D eigenvalue weighted by Gasteiger charge is -2.22. The van der Waals surface area contributed by atoms with Gasteiger partial charge >= 0.3 is 0 Å². The van der Waals surface area contributed by atoms with E-state index in [4.69, 9.17) is 31.5 Å². The van der Waals surface area contributed by atoms with Gasteiger partial charge in [-0.15, -0.1) is 6.58 Å². The van der Waals surface area contributed by atoms with Crippen molar-refractivity contribution in [3.8, 4) is 17.2 Å². The van der Waals surface area contributed by atoms with Crippen molar-refractivity contribution < 1.29 is 23.8 Å². The van der Waals surface area contributed by atoms with E-state index < -0.39 is 5.91 Å². The lowest BCUT2D eigenvalue weighted by molar-refractivity contribution is -0.119. The lowest BCUT2D eigenvalue weighted by Crippen LogP contribution is -2.30. The minimum Gasteiger partial charge on any atom is -0.497 e. The first-order chi connectivity index (χ1) is 13.9. The molecule has 0 saturated carbocycles. The third kappa shape index (κ3) is 5.89. The Labute approximate surface area is 174 Å². The number of hydrogen-bond donors (Lipinski definition) is 1. The highest BCUT2D eigenvalue weighted by Gasteiger charge is 2.20. The Kier molecular flexibility index (Phi) is 7.91. The third-order valence-electron chi connectivity index (χ3n) is 4.00. The summed E-state index contributed by atoms with van der Waals surface area (Å²) in [7, 11) is 3.01. The van der Waals surface area contributed by atoms with Crippen LogP contribution in [0.1, 0.15) is 15.9 Å². The fraction of sp³-hybridized carbons (Fsp3) is 0.238. The van der Waals surface area contributed by atoms with Gasteiger partial charge in [-0.05, 0) is 29.8 Å². The second-order valence-electron chi connectivity index (χ2n) is 6.07. The minimum atomic E-state index is -0.653. The van der Waals surface area contributed by atoms with E-state index in [1.165, 1.54) is 19.2 Å². The minimum absolute atomic E-state index is 0.136. The number of carbonyl (C=O) groups is 2. The number of halogens is 1. The molecule has 8 heteroatoms. The summed E-state index contributed by atoms with van der Waals surface area (Å²) in [4.78, 5) is 25.7. The molecule has 29 heavy (non-hydrogen) atoms. The molecule has 0 heterocycles. The molecule has 0 fully saturated rings. The molecule has 0 bridgehead atoms. The number of primary amides is 1. The number of nitrogens with two attached hydrogens (primary N) is 1. The molecule has 0 radical (unpaired) electrons. The number of nitrogens with zero attached hydrogens (tertiary/aromatic N) is 1. The zero-order valence-corrected chi connectivity index (χ0v) is 17.1. The maximum Gasteiger partial charge on any atom is 0.255 e. The first kappa shape index (κ1) is 22.1. The standard InChI is InChI=1S/C21H23ClN2O5/c1-4-9-24(12-14-5-7-16(27-2)8-6-14)21(26)15-10-17(22)20(18(11-15)28-3)29-13-19(23)25/h4-8,10-11H,1,9,12-13H2,2-3H3,(H2,23,25). The van der Waals surface area contributed by atoms with Crippen molar-refractivity contribution in [3.05, 3.63) is 65.2 Å². The van der Waals surface area contributed by atoms with Crippen LogP contribution in [0.4, 0.5) is 0 Å². The van der Waals surface area contributed by atoms with E-state index in [9.17, 15) is 9.59 Å². The zero-order valence-electron chi connectivity index (χ0n) is 16.3. The summed E-state index contributed by atoms with van der Waals surface area (Å²) in [6, 6.07) is 10.4. The Morgan fingerprint density at radius 1 is 1.17 bits per heavy atom. The van der Waals surface area contributed by atoms with Gasteiger partial charge in [0.2, 0.25) is 0 Å². The lowest BCUT2D eigenvalue weighted by atomic mass is 10.1. The van der Waals surface area contributed by atoms with Crippen molar-refractivity contribution >= 4 is 23.4 Å². The molecule has 0 aliphatic heterocycles. The SMILES string of the molecule is C=CCN(Cc1ccc(OC)cc1)C(=O)c1cc(Cl)c(OCC(N)=O)c(OC)c1. The highest BCUT2D eigenvalue weighted by molar-refractivity contribution is 6.32. The summed E-state index contributed by atoms with van der Waals surface area (Å²) in [6.45, 7) is 4.07. The second kappa shape index (κ2) is 10.4. The van der Waals surface area contributed by atoms with Gasteiger partial charge < -0.3 is 24.8 Å². The maximum atomic E-state index is 13.1. The Bertz CT molecular complexity index is 883. The Morgan fingerprint density at radius 3 is 2.41 bits per heavy atom. The molecule has 0 unspecified atom stereocenters. The van der Waals surface area contributed by atoms with E-state index in [1.807, 2.05) is 24.3 Å². The summed E-state index contributed by atoms with van der Waals surface area (Å²) in [6.07, 6.45) is 1.64. The number of hydrogen-bond acceptors (Lipinski definition) is 5. The molecule has 0 saturated heterocycles. The van der Waals surface area contributed by atoms with E-state index in [0.29, 0.717) is 18.7 Å².